The third-order valence-electron chi connectivity index (χ3n) is 5.13. The van der Waals surface area contributed by atoms with E-state index in [4.69, 9.17) is 14.2 Å². The molecule has 2 rings (SSSR count). The number of esters is 3. The van der Waals surface area contributed by atoms with Crippen molar-refractivity contribution in [2.45, 2.75) is 51.9 Å². The summed E-state index contributed by atoms with van der Waals surface area (Å²) in [6, 6.07) is 0. The van der Waals surface area contributed by atoms with E-state index in [1.54, 1.807) is 13.0 Å². The highest BCUT2D eigenvalue weighted by molar-refractivity contribution is 5.92. The molecule has 1 aliphatic heterocycles. The third-order valence-corrected chi connectivity index (χ3v) is 5.13. The molecule has 0 aromatic heterocycles. The highest BCUT2D eigenvalue weighted by Gasteiger charge is 2.44. The van der Waals surface area contributed by atoms with Crippen molar-refractivity contribution in [3.05, 3.63) is 47.1 Å². The number of hydrogen-bond donors (Lipinski definition) is 2. The van der Waals surface area contributed by atoms with Crippen LogP contribution in [0.25, 0.3) is 0 Å². The molecule has 0 saturated carbocycles. The summed E-state index contributed by atoms with van der Waals surface area (Å²) in [6.07, 6.45) is 3.24. The summed E-state index contributed by atoms with van der Waals surface area (Å²) in [4.78, 5) is 35.7. The van der Waals surface area contributed by atoms with E-state index in [9.17, 15) is 24.6 Å². The van der Waals surface area contributed by atoms with Crippen LogP contribution in [-0.2, 0) is 28.6 Å². The van der Waals surface area contributed by atoms with Crippen LogP contribution in [-0.4, -0.2) is 59.6 Å². The molecule has 1 saturated heterocycles. The van der Waals surface area contributed by atoms with E-state index in [0.29, 0.717) is 18.4 Å². The molecule has 4 atom stereocenters. The maximum atomic E-state index is 12.6. The van der Waals surface area contributed by atoms with E-state index in [1.165, 1.54) is 13.0 Å². The number of aliphatic hydroxyl groups is 2. The molecule has 8 heteroatoms. The van der Waals surface area contributed by atoms with E-state index in [1.807, 2.05) is 13.0 Å². The van der Waals surface area contributed by atoms with Crippen LogP contribution in [0.1, 0.15) is 33.6 Å². The summed E-state index contributed by atoms with van der Waals surface area (Å²) in [5, 5.41) is 19.8. The number of hydrogen-bond acceptors (Lipinski definition) is 8. The predicted octanol–water partition coefficient (Wildman–Crippen LogP) is 1.53. The summed E-state index contributed by atoms with van der Waals surface area (Å²) in [6.45, 7) is 7.84. The van der Waals surface area contributed by atoms with Crippen LogP contribution in [0.15, 0.2) is 47.1 Å². The molecule has 164 valence electrons. The monoisotopic (exact) mass is 420 g/mol. The first kappa shape index (κ1) is 23.6. The number of ether oxygens (including phenoxy) is 3. The molecule has 2 N–H and O–H groups in total. The predicted molar refractivity (Wildman–Crippen MR) is 107 cm³/mol. The Balaban J connectivity index is 2.32. The molecule has 1 fully saturated rings. The largest absolute Gasteiger partial charge is 0.462 e. The molecule has 0 aromatic carbocycles. The Bertz CT molecular complexity index is 804. The smallest absolute Gasteiger partial charge is 0.336 e. The lowest BCUT2D eigenvalue weighted by atomic mass is 9.85. The van der Waals surface area contributed by atoms with Gasteiger partial charge in [0.15, 0.2) is 0 Å². The highest BCUT2D eigenvalue weighted by atomic mass is 16.6. The first-order valence-corrected chi connectivity index (χ1v) is 9.70. The van der Waals surface area contributed by atoms with Crippen molar-refractivity contribution in [2.75, 3.05) is 13.2 Å². The second-order valence-electron chi connectivity index (χ2n) is 7.47. The van der Waals surface area contributed by atoms with Gasteiger partial charge in [-0.25, -0.2) is 9.59 Å². The molecule has 0 spiro atoms. The average Bonchev–Trinajstić information content (AvgIpc) is 2.95. The SMILES string of the molecule is C=C1C(=O)O[C@@H]2/C=C(\C)[C@H](O)C/C=C(\C)C[C@@H](OC(=O)/C(=C/COC(C)=O)CO)[C@@H]12. The van der Waals surface area contributed by atoms with Gasteiger partial charge in [0.25, 0.3) is 0 Å². The van der Waals surface area contributed by atoms with E-state index < -0.39 is 48.7 Å². The topological polar surface area (TPSA) is 119 Å². The quantitative estimate of drug-likeness (QED) is 0.297. The summed E-state index contributed by atoms with van der Waals surface area (Å²) in [5.41, 5.74) is 1.62. The molecule has 8 nitrogen and oxygen atoms in total. The van der Waals surface area contributed by atoms with Gasteiger partial charge in [-0.15, -0.1) is 0 Å². The minimum Gasteiger partial charge on any atom is -0.462 e. The van der Waals surface area contributed by atoms with Crippen LogP contribution >= 0.6 is 0 Å². The zero-order chi connectivity index (χ0) is 22.4. The Kier molecular flexibility index (Phi) is 8.14. The maximum absolute atomic E-state index is 12.6. The van der Waals surface area contributed by atoms with Crippen molar-refractivity contribution in [1.82, 2.24) is 0 Å². The van der Waals surface area contributed by atoms with E-state index in [2.05, 4.69) is 6.58 Å². The molecule has 1 heterocycles. The molecule has 0 aromatic rings. The minimum absolute atomic E-state index is 0.0653. The van der Waals surface area contributed by atoms with Gasteiger partial charge in [-0.1, -0.05) is 18.2 Å². The van der Waals surface area contributed by atoms with E-state index >= 15 is 0 Å². The Morgan fingerprint density at radius 2 is 2.07 bits per heavy atom. The number of fused-ring (bicyclic) bond motifs is 1. The minimum atomic E-state index is -0.786. The molecule has 0 radical (unpaired) electrons. The molecule has 1 aliphatic carbocycles. The lowest BCUT2D eigenvalue weighted by Crippen LogP contribution is -2.34. The van der Waals surface area contributed by atoms with Crippen LogP contribution in [0.3, 0.4) is 0 Å². The standard InChI is InChI=1S/C22H28O8/c1-12-5-6-17(25)13(2)10-19-20(14(3)21(26)29-19)18(9-12)30-22(27)16(11-23)7-8-28-15(4)24/h5,7,10,17-20,23,25H,3,6,8-9,11H2,1-2,4H3/b12-5+,13-10+,16-7+/t17-,18-,19-,20-/m1/s1. The van der Waals surface area contributed by atoms with Crippen LogP contribution < -0.4 is 0 Å². The molecule has 0 unspecified atom stereocenters. The zero-order valence-corrected chi connectivity index (χ0v) is 17.4. The summed E-state index contributed by atoms with van der Waals surface area (Å²) >= 11 is 0. The van der Waals surface area contributed by atoms with Crippen molar-refractivity contribution in [3.63, 3.8) is 0 Å². The van der Waals surface area contributed by atoms with Crippen molar-refractivity contribution >= 4 is 17.9 Å². The Labute approximate surface area is 175 Å². The fourth-order valence-electron chi connectivity index (χ4n) is 3.38. The Morgan fingerprint density at radius 1 is 1.37 bits per heavy atom. The summed E-state index contributed by atoms with van der Waals surface area (Å²) in [5.74, 6) is -2.53. The second kappa shape index (κ2) is 10.4. The molecule has 0 bridgehead atoms. The van der Waals surface area contributed by atoms with Gasteiger partial charge in [0.05, 0.1) is 24.2 Å². The maximum Gasteiger partial charge on any atom is 0.336 e. The van der Waals surface area contributed by atoms with Gasteiger partial charge in [0.2, 0.25) is 0 Å². The molecule has 30 heavy (non-hydrogen) atoms. The Morgan fingerprint density at radius 3 is 2.70 bits per heavy atom. The van der Waals surface area contributed by atoms with Crippen LogP contribution in [0.2, 0.25) is 0 Å². The summed E-state index contributed by atoms with van der Waals surface area (Å²) < 4.78 is 15.8. The van der Waals surface area contributed by atoms with Crippen molar-refractivity contribution in [1.29, 1.82) is 0 Å². The normalized spacial score (nSPS) is 30.9. The van der Waals surface area contributed by atoms with Crippen molar-refractivity contribution in [2.24, 2.45) is 5.92 Å². The molecule has 2 aliphatic rings. The van der Waals surface area contributed by atoms with Crippen molar-refractivity contribution in [3.8, 4) is 0 Å². The number of carbonyl (C=O) groups is 3. The van der Waals surface area contributed by atoms with Crippen LogP contribution in [0.4, 0.5) is 0 Å². The van der Waals surface area contributed by atoms with Gasteiger partial charge in [-0.3, -0.25) is 4.79 Å². The lowest BCUT2D eigenvalue weighted by molar-refractivity contribution is -0.148. The first-order chi connectivity index (χ1) is 14.1. The van der Waals surface area contributed by atoms with Gasteiger partial charge >= 0.3 is 17.9 Å². The van der Waals surface area contributed by atoms with Crippen molar-refractivity contribution < 1.29 is 38.8 Å². The fourth-order valence-corrected chi connectivity index (χ4v) is 3.38. The third kappa shape index (κ3) is 5.90. The van der Waals surface area contributed by atoms with Crippen LogP contribution in [0, 0.1) is 5.92 Å². The van der Waals surface area contributed by atoms with Gasteiger partial charge in [-0.2, -0.15) is 0 Å². The van der Waals surface area contributed by atoms with E-state index in [0.717, 1.165) is 5.57 Å². The molecule has 0 amide bonds. The van der Waals surface area contributed by atoms with E-state index in [-0.39, 0.29) is 17.8 Å². The second-order valence-corrected chi connectivity index (χ2v) is 7.47. The Hall–Kier alpha value is -2.71. The number of rotatable bonds is 5. The van der Waals surface area contributed by atoms with Gasteiger partial charge in [0, 0.05) is 18.9 Å². The number of aliphatic hydroxyl groups excluding tert-OH is 2. The number of carbonyl (C=O) groups excluding carboxylic acids is 3. The van der Waals surface area contributed by atoms with Gasteiger partial charge < -0.3 is 24.4 Å². The summed E-state index contributed by atoms with van der Waals surface area (Å²) in [7, 11) is 0. The fraction of sp³-hybridized carbons (Fsp3) is 0.500. The van der Waals surface area contributed by atoms with Gasteiger partial charge in [-0.05, 0) is 38.0 Å². The highest BCUT2D eigenvalue weighted by Crippen LogP contribution is 2.36. The first-order valence-electron chi connectivity index (χ1n) is 9.70. The van der Waals surface area contributed by atoms with Gasteiger partial charge in [0.1, 0.15) is 18.8 Å². The molecular formula is C22H28O8. The average molecular weight is 420 g/mol. The van der Waals surface area contributed by atoms with Crippen LogP contribution in [0.5, 0.6) is 0 Å². The molecular weight excluding hydrogens is 392 g/mol. The zero-order valence-electron chi connectivity index (χ0n) is 17.4. The lowest BCUT2D eigenvalue weighted by Gasteiger charge is -2.28.